The molecular weight excluding hydrogens is 372 g/mol. The van der Waals surface area contributed by atoms with Gasteiger partial charge in [0, 0.05) is 42.8 Å². The number of piperidine rings is 1. The van der Waals surface area contributed by atoms with Crippen LogP contribution in [0.3, 0.4) is 0 Å². The van der Waals surface area contributed by atoms with Crippen LogP contribution >= 0.6 is 0 Å². The number of nitrogens with zero attached hydrogens (tertiary/aromatic N) is 3. The molecule has 5 rings (SSSR count). The molecule has 0 radical (unpaired) electrons. The second kappa shape index (κ2) is 8.07. The molecule has 1 aliphatic rings. The van der Waals surface area contributed by atoms with Gasteiger partial charge >= 0.3 is 0 Å². The number of aryl methyl sites for hydroxylation is 1. The molecule has 0 spiro atoms. The van der Waals surface area contributed by atoms with Crippen LogP contribution in [0.5, 0.6) is 0 Å². The maximum atomic E-state index is 12.9. The zero-order valence-electron chi connectivity index (χ0n) is 17.5. The largest absolute Gasteiger partial charge is 0.358 e. The Morgan fingerprint density at radius 2 is 1.90 bits per heavy atom. The molecular formula is C25H28N4O. The Labute approximate surface area is 176 Å². The number of pyridine rings is 2. The predicted octanol–water partition coefficient (Wildman–Crippen LogP) is 4.26. The number of benzene rings is 1. The third-order valence-electron chi connectivity index (χ3n) is 6.34. The van der Waals surface area contributed by atoms with Crippen molar-refractivity contribution < 1.29 is 0 Å². The van der Waals surface area contributed by atoms with Crippen molar-refractivity contribution in [3.8, 4) is 0 Å². The molecule has 0 atom stereocenters. The molecule has 1 fully saturated rings. The molecule has 0 unspecified atom stereocenters. The number of rotatable bonds is 5. The summed E-state index contributed by atoms with van der Waals surface area (Å²) in [5.74, 6) is 0. The number of nitrogens with one attached hydrogen (secondary N) is 1. The first-order chi connectivity index (χ1) is 14.7. The summed E-state index contributed by atoms with van der Waals surface area (Å²) in [6, 6.07) is 10.7. The summed E-state index contributed by atoms with van der Waals surface area (Å²) >= 11 is 0. The van der Waals surface area contributed by atoms with Gasteiger partial charge in [-0.2, -0.15) is 0 Å². The fraction of sp³-hybridized carbons (Fsp3) is 0.360. The van der Waals surface area contributed by atoms with Gasteiger partial charge in [-0.15, -0.1) is 0 Å². The lowest BCUT2D eigenvalue weighted by molar-refractivity contribution is 0.231. The van der Waals surface area contributed by atoms with Crippen molar-refractivity contribution in [1.29, 1.82) is 0 Å². The van der Waals surface area contributed by atoms with Crippen LogP contribution < -0.4 is 5.56 Å². The molecule has 0 bridgehead atoms. The van der Waals surface area contributed by atoms with Gasteiger partial charge in [0.1, 0.15) is 0 Å². The van der Waals surface area contributed by atoms with Crippen molar-refractivity contribution in [2.24, 2.45) is 0 Å². The molecule has 1 saturated heterocycles. The van der Waals surface area contributed by atoms with Gasteiger partial charge in [0.05, 0.1) is 11.9 Å². The lowest BCUT2D eigenvalue weighted by Gasteiger charge is -2.25. The third kappa shape index (κ3) is 3.77. The lowest BCUT2D eigenvalue weighted by atomic mass is 10.1. The number of hydrogen-bond acceptors (Lipinski definition) is 3. The SMILES string of the molecule is Cc1cncc2c(=O)n(Cc3ccc4cc(CCN5CCCCC5)[nH]c4c3)ccc12. The minimum Gasteiger partial charge on any atom is -0.358 e. The van der Waals surface area contributed by atoms with E-state index in [1.807, 2.05) is 19.2 Å². The van der Waals surface area contributed by atoms with Crippen LogP contribution in [-0.2, 0) is 13.0 Å². The molecule has 0 aliphatic carbocycles. The first-order valence-electron chi connectivity index (χ1n) is 10.9. The number of fused-ring (bicyclic) bond motifs is 2. The number of H-pyrrole nitrogens is 1. The molecule has 1 N–H and O–H groups in total. The molecule has 5 nitrogen and oxygen atoms in total. The molecule has 4 aromatic rings. The van der Waals surface area contributed by atoms with Gasteiger partial charge in [-0.1, -0.05) is 18.6 Å². The molecule has 154 valence electrons. The molecule has 4 heterocycles. The van der Waals surface area contributed by atoms with Crippen LogP contribution in [0.4, 0.5) is 0 Å². The average molecular weight is 401 g/mol. The van der Waals surface area contributed by atoms with Crippen LogP contribution in [0.1, 0.15) is 36.1 Å². The van der Waals surface area contributed by atoms with E-state index in [4.69, 9.17) is 0 Å². The van der Waals surface area contributed by atoms with E-state index in [0.29, 0.717) is 11.9 Å². The number of hydrogen-bond donors (Lipinski definition) is 1. The van der Waals surface area contributed by atoms with Crippen molar-refractivity contribution in [3.63, 3.8) is 0 Å². The number of aromatic nitrogens is 3. The van der Waals surface area contributed by atoms with Gasteiger partial charge in [-0.25, -0.2) is 0 Å². The lowest BCUT2D eigenvalue weighted by Crippen LogP contribution is -2.31. The Morgan fingerprint density at radius 1 is 1.03 bits per heavy atom. The van der Waals surface area contributed by atoms with Crippen molar-refractivity contribution in [3.05, 3.63) is 76.1 Å². The van der Waals surface area contributed by atoms with Gasteiger partial charge in [0.15, 0.2) is 0 Å². The summed E-state index contributed by atoms with van der Waals surface area (Å²) < 4.78 is 1.77. The Balaban J connectivity index is 1.36. The zero-order chi connectivity index (χ0) is 20.5. The van der Waals surface area contributed by atoms with E-state index in [1.165, 1.54) is 43.4 Å². The summed E-state index contributed by atoms with van der Waals surface area (Å²) in [6.45, 7) is 6.14. The van der Waals surface area contributed by atoms with Gasteiger partial charge in [-0.05, 0) is 73.0 Å². The van der Waals surface area contributed by atoms with Gasteiger partial charge < -0.3 is 14.5 Å². The van der Waals surface area contributed by atoms with E-state index in [1.54, 1.807) is 17.0 Å². The fourth-order valence-corrected chi connectivity index (χ4v) is 4.60. The first kappa shape index (κ1) is 19.1. The van der Waals surface area contributed by atoms with Crippen LogP contribution in [0.2, 0.25) is 0 Å². The first-order valence-corrected chi connectivity index (χ1v) is 10.9. The normalized spacial score (nSPS) is 15.2. The fourth-order valence-electron chi connectivity index (χ4n) is 4.60. The topological polar surface area (TPSA) is 53.9 Å². The summed E-state index contributed by atoms with van der Waals surface area (Å²) in [5, 5.41) is 2.89. The number of likely N-dealkylation sites (tertiary alicyclic amines) is 1. The summed E-state index contributed by atoms with van der Waals surface area (Å²) in [4.78, 5) is 23.3. The van der Waals surface area contributed by atoms with Gasteiger partial charge in [0.25, 0.3) is 5.56 Å². The maximum absolute atomic E-state index is 12.9. The highest BCUT2D eigenvalue weighted by atomic mass is 16.1. The van der Waals surface area contributed by atoms with E-state index >= 15 is 0 Å². The summed E-state index contributed by atoms with van der Waals surface area (Å²) in [7, 11) is 0. The van der Waals surface area contributed by atoms with E-state index in [9.17, 15) is 4.79 Å². The Hall–Kier alpha value is -2.92. The van der Waals surface area contributed by atoms with Crippen molar-refractivity contribution in [2.75, 3.05) is 19.6 Å². The van der Waals surface area contributed by atoms with E-state index in [0.717, 1.165) is 35.0 Å². The standard InChI is InChI=1S/C25H28N4O/c1-18-15-26-16-23-22(18)8-12-29(25(23)30)17-19-5-6-20-14-21(27-24(20)13-19)7-11-28-9-3-2-4-10-28/h5-6,8,12-16,27H,2-4,7,9-11,17H2,1H3. The predicted molar refractivity (Wildman–Crippen MR) is 122 cm³/mol. The monoisotopic (exact) mass is 400 g/mol. The Kier molecular flexibility index (Phi) is 5.13. The van der Waals surface area contributed by atoms with Crippen LogP contribution in [0.15, 0.2) is 53.7 Å². The van der Waals surface area contributed by atoms with E-state index in [-0.39, 0.29) is 5.56 Å². The number of aromatic amines is 1. The summed E-state index contributed by atoms with van der Waals surface area (Å²) in [5.41, 5.74) is 4.60. The molecule has 30 heavy (non-hydrogen) atoms. The molecule has 3 aromatic heterocycles. The van der Waals surface area contributed by atoms with Crippen molar-refractivity contribution in [2.45, 2.75) is 39.2 Å². The van der Waals surface area contributed by atoms with Crippen LogP contribution in [0.25, 0.3) is 21.7 Å². The van der Waals surface area contributed by atoms with E-state index in [2.05, 4.69) is 39.1 Å². The molecule has 0 saturated carbocycles. The smallest absolute Gasteiger partial charge is 0.260 e. The minimum atomic E-state index is 0.0116. The quantitative estimate of drug-likeness (QED) is 0.544. The van der Waals surface area contributed by atoms with Crippen LogP contribution in [0, 0.1) is 6.92 Å². The van der Waals surface area contributed by atoms with Gasteiger partial charge in [-0.3, -0.25) is 9.78 Å². The zero-order valence-corrected chi connectivity index (χ0v) is 17.5. The summed E-state index contributed by atoms with van der Waals surface area (Å²) in [6.07, 6.45) is 10.5. The molecule has 0 amide bonds. The highest BCUT2D eigenvalue weighted by Gasteiger charge is 2.11. The Bertz CT molecular complexity index is 1250. The van der Waals surface area contributed by atoms with Crippen molar-refractivity contribution >= 4 is 21.7 Å². The maximum Gasteiger partial charge on any atom is 0.260 e. The molecule has 1 aliphatic heterocycles. The second-order valence-corrected chi connectivity index (χ2v) is 8.53. The average Bonchev–Trinajstić information content (AvgIpc) is 3.18. The highest BCUT2D eigenvalue weighted by molar-refractivity contribution is 5.83. The second-order valence-electron chi connectivity index (χ2n) is 8.53. The molecule has 5 heteroatoms. The Morgan fingerprint density at radius 3 is 2.77 bits per heavy atom. The van der Waals surface area contributed by atoms with E-state index < -0.39 is 0 Å². The van der Waals surface area contributed by atoms with Gasteiger partial charge in [0.2, 0.25) is 0 Å². The van der Waals surface area contributed by atoms with Crippen molar-refractivity contribution in [1.82, 2.24) is 19.4 Å². The molecule has 1 aromatic carbocycles. The minimum absolute atomic E-state index is 0.0116. The highest BCUT2D eigenvalue weighted by Crippen LogP contribution is 2.19. The van der Waals surface area contributed by atoms with Crippen LogP contribution in [-0.4, -0.2) is 39.1 Å². The third-order valence-corrected chi connectivity index (χ3v) is 6.34.